The molecule has 1 rings (SSSR count). The zero-order chi connectivity index (χ0) is 15.7. The lowest BCUT2D eigenvalue weighted by molar-refractivity contribution is 0.556. The van der Waals surface area contributed by atoms with Crippen molar-refractivity contribution in [2.75, 3.05) is 0 Å². The van der Waals surface area contributed by atoms with Crippen LogP contribution in [0.25, 0.3) is 0 Å². The molecule has 0 aliphatic heterocycles. The van der Waals surface area contributed by atoms with Gasteiger partial charge in [-0.3, -0.25) is 0 Å². The molecule has 0 unspecified atom stereocenters. The average Bonchev–Trinajstić information content (AvgIpc) is 2.78. The van der Waals surface area contributed by atoms with Crippen molar-refractivity contribution in [3.8, 4) is 0 Å². The first kappa shape index (κ1) is 18.1. The summed E-state index contributed by atoms with van der Waals surface area (Å²) in [4.78, 5) is 0. The van der Waals surface area contributed by atoms with Gasteiger partial charge in [-0.15, -0.1) is 10.2 Å². The normalized spacial score (nSPS) is 12.0. The lowest BCUT2D eigenvalue weighted by atomic mass is 10.1. The molecule has 2 N–H and O–H groups in total. The zero-order valence-electron chi connectivity index (χ0n) is 13.2. The SMILES string of the molecule is CCCCCCCCCCCc1nnc(S(N)(=O)=O)n1C. The Hall–Kier alpha value is -0.950. The minimum absolute atomic E-state index is 0.159. The van der Waals surface area contributed by atoms with Crippen molar-refractivity contribution < 1.29 is 8.42 Å². The topological polar surface area (TPSA) is 90.9 Å². The van der Waals surface area contributed by atoms with Gasteiger partial charge in [-0.05, 0) is 6.42 Å². The molecule has 0 radical (unpaired) electrons. The molecule has 0 aromatic carbocycles. The third-order valence-electron chi connectivity index (χ3n) is 3.68. The molecule has 0 saturated heterocycles. The summed E-state index contributed by atoms with van der Waals surface area (Å²) < 4.78 is 24.0. The van der Waals surface area contributed by atoms with Gasteiger partial charge in [-0.25, -0.2) is 13.6 Å². The highest BCUT2D eigenvalue weighted by molar-refractivity contribution is 7.89. The Labute approximate surface area is 128 Å². The van der Waals surface area contributed by atoms with Crippen LogP contribution in [0.4, 0.5) is 0 Å². The molecule has 0 bridgehead atoms. The number of nitrogens with two attached hydrogens (primary N) is 1. The number of hydrogen-bond acceptors (Lipinski definition) is 4. The predicted octanol–water partition coefficient (Wildman–Crippen LogP) is 2.54. The van der Waals surface area contributed by atoms with Gasteiger partial charge in [0, 0.05) is 13.5 Å². The molecule has 0 fully saturated rings. The number of hydrogen-bond donors (Lipinski definition) is 1. The Morgan fingerprint density at radius 2 is 1.48 bits per heavy atom. The second-order valence-electron chi connectivity index (χ2n) is 5.58. The first-order chi connectivity index (χ1) is 9.96. The van der Waals surface area contributed by atoms with Crippen LogP contribution in [0, 0.1) is 0 Å². The van der Waals surface area contributed by atoms with E-state index in [4.69, 9.17) is 5.14 Å². The van der Waals surface area contributed by atoms with Crippen LogP contribution in [-0.2, 0) is 23.5 Å². The van der Waals surface area contributed by atoms with Crippen LogP contribution in [0.15, 0.2) is 5.16 Å². The van der Waals surface area contributed by atoms with Crippen LogP contribution in [0.5, 0.6) is 0 Å². The summed E-state index contributed by atoms with van der Waals surface area (Å²) in [6.45, 7) is 2.23. The van der Waals surface area contributed by atoms with Crippen LogP contribution in [-0.4, -0.2) is 23.2 Å². The molecule has 7 heteroatoms. The van der Waals surface area contributed by atoms with E-state index >= 15 is 0 Å². The molecule has 122 valence electrons. The van der Waals surface area contributed by atoms with Crippen molar-refractivity contribution >= 4 is 10.0 Å². The Morgan fingerprint density at radius 1 is 0.952 bits per heavy atom. The summed E-state index contributed by atoms with van der Waals surface area (Å²) in [5.41, 5.74) is 0. The van der Waals surface area contributed by atoms with Crippen molar-refractivity contribution in [3.05, 3.63) is 5.82 Å². The second-order valence-corrected chi connectivity index (χ2v) is 7.04. The molecule has 21 heavy (non-hydrogen) atoms. The van der Waals surface area contributed by atoms with Gasteiger partial charge < -0.3 is 4.57 Å². The van der Waals surface area contributed by atoms with E-state index in [1.54, 1.807) is 7.05 Å². The number of rotatable bonds is 11. The lowest BCUT2D eigenvalue weighted by Gasteiger charge is -2.03. The first-order valence-electron chi connectivity index (χ1n) is 7.88. The van der Waals surface area contributed by atoms with Gasteiger partial charge in [0.05, 0.1) is 0 Å². The number of unbranched alkanes of at least 4 members (excludes halogenated alkanes) is 8. The Bertz CT molecular complexity index is 511. The molecule has 1 aromatic rings. The Morgan fingerprint density at radius 3 is 1.95 bits per heavy atom. The third-order valence-corrected chi connectivity index (χ3v) is 4.55. The summed E-state index contributed by atoms with van der Waals surface area (Å²) in [6.07, 6.45) is 12.1. The van der Waals surface area contributed by atoms with Crippen LogP contribution in [0.2, 0.25) is 0 Å². The maximum atomic E-state index is 11.2. The molecule has 1 aromatic heterocycles. The minimum atomic E-state index is -3.77. The van der Waals surface area contributed by atoms with Crippen LogP contribution in [0.1, 0.15) is 70.5 Å². The minimum Gasteiger partial charge on any atom is -0.304 e. The van der Waals surface area contributed by atoms with Gasteiger partial charge in [0.2, 0.25) is 0 Å². The van der Waals surface area contributed by atoms with E-state index in [-0.39, 0.29) is 5.16 Å². The van der Waals surface area contributed by atoms with Crippen molar-refractivity contribution in [1.29, 1.82) is 0 Å². The average molecular weight is 316 g/mol. The third kappa shape index (κ3) is 6.56. The van der Waals surface area contributed by atoms with Gasteiger partial charge >= 0.3 is 0 Å². The van der Waals surface area contributed by atoms with Crippen LogP contribution >= 0.6 is 0 Å². The molecule has 0 spiro atoms. The summed E-state index contributed by atoms with van der Waals surface area (Å²) in [6, 6.07) is 0. The van der Waals surface area contributed by atoms with Crippen molar-refractivity contribution in [3.63, 3.8) is 0 Å². The fraction of sp³-hybridized carbons (Fsp3) is 0.857. The molecule has 0 amide bonds. The Balaban J connectivity index is 2.18. The highest BCUT2D eigenvalue weighted by atomic mass is 32.2. The van der Waals surface area contributed by atoms with E-state index in [2.05, 4.69) is 17.1 Å². The van der Waals surface area contributed by atoms with Gasteiger partial charge in [0.15, 0.2) is 0 Å². The molecular weight excluding hydrogens is 288 g/mol. The fourth-order valence-electron chi connectivity index (χ4n) is 2.40. The molecule has 1 heterocycles. The maximum Gasteiger partial charge on any atom is 0.273 e. The fourth-order valence-corrected chi connectivity index (χ4v) is 3.05. The second kappa shape index (κ2) is 9.15. The van der Waals surface area contributed by atoms with E-state index < -0.39 is 10.0 Å². The van der Waals surface area contributed by atoms with Gasteiger partial charge in [0.25, 0.3) is 15.2 Å². The monoisotopic (exact) mass is 316 g/mol. The summed E-state index contributed by atoms with van der Waals surface area (Å²) in [5, 5.41) is 12.5. The quantitative estimate of drug-likeness (QED) is 0.635. The van der Waals surface area contributed by atoms with Gasteiger partial charge in [-0.2, -0.15) is 0 Å². The van der Waals surface area contributed by atoms with Crippen molar-refractivity contribution in [2.45, 2.75) is 76.3 Å². The van der Waals surface area contributed by atoms with Gasteiger partial charge in [-0.1, -0.05) is 58.3 Å². The van der Waals surface area contributed by atoms with E-state index in [0.717, 1.165) is 19.3 Å². The van der Waals surface area contributed by atoms with Crippen LogP contribution in [0.3, 0.4) is 0 Å². The number of aryl methyl sites for hydroxylation is 1. The zero-order valence-corrected chi connectivity index (χ0v) is 14.0. The smallest absolute Gasteiger partial charge is 0.273 e. The predicted molar refractivity (Wildman–Crippen MR) is 83.3 cm³/mol. The summed E-state index contributed by atoms with van der Waals surface area (Å²) in [7, 11) is -2.13. The lowest BCUT2D eigenvalue weighted by Crippen LogP contribution is -2.17. The molecule has 0 aliphatic carbocycles. The van der Waals surface area contributed by atoms with Crippen molar-refractivity contribution in [2.24, 2.45) is 12.2 Å². The van der Waals surface area contributed by atoms with E-state index in [1.807, 2.05) is 0 Å². The van der Waals surface area contributed by atoms with Crippen molar-refractivity contribution in [1.82, 2.24) is 14.8 Å². The number of primary sulfonamides is 1. The molecular formula is C14H28N4O2S. The highest BCUT2D eigenvalue weighted by Crippen LogP contribution is 2.12. The highest BCUT2D eigenvalue weighted by Gasteiger charge is 2.17. The van der Waals surface area contributed by atoms with Crippen LogP contribution < -0.4 is 5.14 Å². The molecule has 6 nitrogen and oxygen atoms in total. The largest absolute Gasteiger partial charge is 0.304 e. The summed E-state index contributed by atoms with van der Waals surface area (Å²) >= 11 is 0. The van der Waals surface area contributed by atoms with E-state index in [1.165, 1.54) is 49.5 Å². The van der Waals surface area contributed by atoms with E-state index in [0.29, 0.717) is 5.82 Å². The van der Waals surface area contributed by atoms with Gasteiger partial charge in [0.1, 0.15) is 5.82 Å². The summed E-state index contributed by atoms with van der Waals surface area (Å²) in [5.74, 6) is 0.682. The maximum absolute atomic E-state index is 11.2. The van der Waals surface area contributed by atoms with E-state index in [9.17, 15) is 8.42 Å². The number of aromatic nitrogens is 3. The number of nitrogens with zero attached hydrogens (tertiary/aromatic N) is 3. The molecule has 0 atom stereocenters. The first-order valence-corrected chi connectivity index (χ1v) is 9.42. The number of sulfonamides is 1. The molecule has 0 aliphatic rings. The standard InChI is InChI=1S/C14H28N4O2S/c1-3-4-5-6-7-8-9-10-11-12-13-16-17-14(18(13)2)21(15,19)20/h3-12H2,1-2H3,(H2,15,19,20). The Kier molecular flexibility index (Phi) is 7.88. The molecule has 0 saturated carbocycles.